The third-order valence-electron chi connectivity index (χ3n) is 4.33. The molecule has 25 heavy (non-hydrogen) atoms. The summed E-state index contributed by atoms with van der Waals surface area (Å²) in [4.78, 5) is 7.87. The molecule has 0 amide bonds. The molecule has 0 saturated carbocycles. The summed E-state index contributed by atoms with van der Waals surface area (Å²) in [7, 11) is 0. The summed E-state index contributed by atoms with van der Waals surface area (Å²) in [6, 6.07) is 17.9. The van der Waals surface area contributed by atoms with Crippen LogP contribution in [0.4, 0.5) is 5.82 Å². The minimum Gasteiger partial charge on any atom is -0.390 e. The van der Waals surface area contributed by atoms with Gasteiger partial charge in [0.1, 0.15) is 0 Å². The van der Waals surface area contributed by atoms with Gasteiger partial charge in [0.2, 0.25) is 5.65 Å². The largest absolute Gasteiger partial charge is 0.390 e. The second-order valence-corrected chi connectivity index (χ2v) is 6.78. The SMILES string of the molecule is [C-]#[N+]c1ccc2cc(CO)n(Cc3cc(Br)cc4ccccc34)c2n1. The lowest BCUT2D eigenvalue weighted by molar-refractivity contribution is 0.272. The molecule has 0 aliphatic rings. The molecule has 4 aromatic rings. The van der Waals surface area contributed by atoms with Gasteiger partial charge in [-0.15, -0.1) is 4.98 Å². The summed E-state index contributed by atoms with van der Waals surface area (Å²) in [6.45, 7) is 7.70. The number of nitrogens with zero attached hydrogens (tertiary/aromatic N) is 3. The van der Waals surface area contributed by atoms with Crippen LogP contribution in [0.2, 0.25) is 0 Å². The fourth-order valence-corrected chi connectivity index (χ4v) is 3.72. The molecular weight excluding hydrogens is 378 g/mol. The highest BCUT2D eigenvalue weighted by Crippen LogP contribution is 2.28. The standard InChI is InChI=1S/C20H14BrN3O/c1-22-19-7-6-14-10-17(12-25)24(20(14)23-19)11-15-9-16(21)8-13-4-2-3-5-18(13)15/h2-10,25H,11-12H2. The number of rotatable bonds is 3. The fraction of sp³-hybridized carbons (Fsp3) is 0.100. The van der Waals surface area contributed by atoms with E-state index >= 15 is 0 Å². The number of halogens is 1. The number of fused-ring (bicyclic) bond motifs is 2. The number of hydrogen-bond acceptors (Lipinski definition) is 2. The van der Waals surface area contributed by atoms with Crippen LogP contribution in [0.15, 0.2) is 59.1 Å². The number of pyridine rings is 1. The Kier molecular flexibility index (Phi) is 4.00. The third kappa shape index (κ3) is 2.80. The average molecular weight is 392 g/mol. The molecule has 0 saturated heterocycles. The summed E-state index contributed by atoms with van der Waals surface area (Å²) >= 11 is 3.58. The fourth-order valence-electron chi connectivity index (χ4n) is 3.19. The zero-order valence-corrected chi connectivity index (χ0v) is 14.9. The first kappa shape index (κ1) is 15.8. The molecule has 0 radical (unpaired) electrons. The van der Waals surface area contributed by atoms with Crippen LogP contribution >= 0.6 is 15.9 Å². The van der Waals surface area contributed by atoms with Crippen molar-refractivity contribution in [3.05, 3.63) is 81.7 Å². The molecule has 0 bridgehead atoms. The van der Waals surface area contributed by atoms with E-state index in [0.29, 0.717) is 12.4 Å². The van der Waals surface area contributed by atoms with Crippen LogP contribution in [0.25, 0.3) is 26.7 Å². The minimum absolute atomic E-state index is 0.0738. The highest BCUT2D eigenvalue weighted by atomic mass is 79.9. The van der Waals surface area contributed by atoms with E-state index in [1.807, 2.05) is 28.8 Å². The predicted molar refractivity (Wildman–Crippen MR) is 103 cm³/mol. The number of benzene rings is 2. The van der Waals surface area contributed by atoms with E-state index in [1.54, 1.807) is 6.07 Å². The molecule has 2 aromatic carbocycles. The summed E-state index contributed by atoms with van der Waals surface area (Å²) in [5.41, 5.74) is 2.64. The second kappa shape index (κ2) is 6.32. The van der Waals surface area contributed by atoms with E-state index in [9.17, 15) is 5.11 Å². The number of aromatic nitrogens is 2. The molecular formula is C20H14BrN3O. The molecule has 0 unspecified atom stereocenters. The zero-order chi connectivity index (χ0) is 17.4. The molecule has 4 rings (SSSR count). The zero-order valence-electron chi connectivity index (χ0n) is 13.3. The van der Waals surface area contributed by atoms with Crippen molar-refractivity contribution < 1.29 is 5.11 Å². The number of aliphatic hydroxyl groups excluding tert-OH is 1. The van der Waals surface area contributed by atoms with Crippen molar-refractivity contribution in [3.63, 3.8) is 0 Å². The molecule has 2 aromatic heterocycles. The van der Waals surface area contributed by atoms with E-state index in [-0.39, 0.29) is 6.61 Å². The molecule has 1 N–H and O–H groups in total. The minimum atomic E-state index is -0.0738. The van der Waals surface area contributed by atoms with Crippen LogP contribution in [0.1, 0.15) is 11.3 Å². The van der Waals surface area contributed by atoms with Crippen LogP contribution < -0.4 is 0 Å². The first-order valence-electron chi connectivity index (χ1n) is 7.84. The Morgan fingerprint density at radius 1 is 1.08 bits per heavy atom. The van der Waals surface area contributed by atoms with Crippen LogP contribution in [0.3, 0.4) is 0 Å². The van der Waals surface area contributed by atoms with Gasteiger partial charge < -0.3 is 14.5 Å². The Bertz CT molecular complexity index is 1140. The van der Waals surface area contributed by atoms with E-state index in [2.05, 4.69) is 50.0 Å². The second-order valence-electron chi connectivity index (χ2n) is 5.86. The maximum Gasteiger partial charge on any atom is 0.271 e. The summed E-state index contributed by atoms with van der Waals surface area (Å²) in [5, 5.41) is 13.0. The lowest BCUT2D eigenvalue weighted by Crippen LogP contribution is -2.05. The van der Waals surface area contributed by atoms with Crippen LogP contribution in [-0.2, 0) is 13.2 Å². The van der Waals surface area contributed by atoms with E-state index in [0.717, 1.165) is 37.5 Å². The summed E-state index contributed by atoms with van der Waals surface area (Å²) in [6.07, 6.45) is 0. The Hall–Kier alpha value is -2.68. The lowest BCUT2D eigenvalue weighted by Gasteiger charge is -2.11. The molecule has 0 fully saturated rings. The van der Waals surface area contributed by atoms with Crippen molar-refractivity contribution in [1.82, 2.24) is 9.55 Å². The predicted octanol–water partition coefficient (Wildman–Crippen LogP) is 5.04. The number of aliphatic hydroxyl groups is 1. The Morgan fingerprint density at radius 3 is 2.72 bits per heavy atom. The molecule has 0 atom stereocenters. The van der Waals surface area contributed by atoms with E-state index < -0.39 is 0 Å². The van der Waals surface area contributed by atoms with Gasteiger partial charge in [-0.2, -0.15) is 0 Å². The maximum atomic E-state index is 9.77. The van der Waals surface area contributed by atoms with Crippen LogP contribution in [0.5, 0.6) is 0 Å². The van der Waals surface area contributed by atoms with Crippen molar-refractivity contribution in [3.8, 4) is 0 Å². The third-order valence-corrected chi connectivity index (χ3v) is 4.79. The van der Waals surface area contributed by atoms with Crippen molar-refractivity contribution in [1.29, 1.82) is 0 Å². The summed E-state index contributed by atoms with van der Waals surface area (Å²) in [5.74, 6) is 0.357. The van der Waals surface area contributed by atoms with Gasteiger partial charge in [-0.25, -0.2) is 0 Å². The average Bonchev–Trinajstić information content (AvgIpc) is 2.98. The monoisotopic (exact) mass is 391 g/mol. The van der Waals surface area contributed by atoms with E-state index in [1.165, 1.54) is 0 Å². The molecule has 2 heterocycles. The van der Waals surface area contributed by atoms with Gasteiger partial charge in [0.15, 0.2) is 0 Å². The Labute approximate surface area is 153 Å². The van der Waals surface area contributed by atoms with Gasteiger partial charge in [-0.05, 0) is 40.6 Å². The van der Waals surface area contributed by atoms with Gasteiger partial charge >= 0.3 is 0 Å². The molecule has 122 valence electrons. The van der Waals surface area contributed by atoms with E-state index in [4.69, 9.17) is 6.57 Å². The molecule has 0 spiro atoms. The summed E-state index contributed by atoms with van der Waals surface area (Å²) < 4.78 is 3.00. The first-order chi connectivity index (χ1) is 12.2. The Balaban J connectivity index is 1.93. The first-order valence-corrected chi connectivity index (χ1v) is 8.63. The molecule has 0 aliphatic carbocycles. The van der Waals surface area contributed by atoms with Gasteiger partial charge in [0, 0.05) is 15.6 Å². The van der Waals surface area contributed by atoms with Crippen molar-refractivity contribution >= 4 is 43.6 Å². The van der Waals surface area contributed by atoms with Gasteiger partial charge in [0.05, 0.1) is 13.2 Å². The van der Waals surface area contributed by atoms with Gasteiger partial charge in [-0.3, -0.25) is 0 Å². The van der Waals surface area contributed by atoms with Gasteiger partial charge in [-0.1, -0.05) is 52.8 Å². The van der Waals surface area contributed by atoms with Crippen molar-refractivity contribution in [2.45, 2.75) is 13.2 Å². The quantitative estimate of drug-likeness (QED) is 0.496. The molecule has 5 heteroatoms. The molecule has 0 aliphatic heterocycles. The van der Waals surface area contributed by atoms with Crippen molar-refractivity contribution in [2.24, 2.45) is 0 Å². The number of hydrogen-bond donors (Lipinski definition) is 1. The lowest BCUT2D eigenvalue weighted by atomic mass is 10.0. The maximum absolute atomic E-state index is 9.77. The highest BCUT2D eigenvalue weighted by Gasteiger charge is 2.15. The normalized spacial score (nSPS) is 11.1. The molecule has 4 nitrogen and oxygen atoms in total. The van der Waals surface area contributed by atoms with Crippen LogP contribution in [-0.4, -0.2) is 14.7 Å². The van der Waals surface area contributed by atoms with Crippen molar-refractivity contribution in [2.75, 3.05) is 0 Å². The Morgan fingerprint density at radius 2 is 1.92 bits per heavy atom. The van der Waals surface area contributed by atoms with Gasteiger partial charge in [0.25, 0.3) is 5.82 Å². The smallest absolute Gasteiger partial charge is 0.271 e. The topological polar surface area (TPSA) is 42.4 Å². The highest BCUT2D eigenvalue weighted by molar-refractivity contribution is 9.10. The van der Waals surface area contributed by atoms with Crippen LogP contribution in [0, 0.1) is 6.57 Å².